The average Bonchev–Trinajstić information content (AvgIpc) is 2.52. The van der Waals surface area contributed by atoms with E-state index < -0.39 is 12.0 Å². The van der Waals surface area contributed by atoms with Gasteiger partial charge in [0, 0.05) is 18.2 Å². The second-order valence-electron chi connectivity index (χ2n) is 3.92. The number of aliphatic carboxylic acids is 1. The Hall–Kier alpha value is -1.51. The molecule has 2 rings (SSSR count). The highest BCUT2D eigenvalue weighted by atomic mass is 16.4. The molecular formula is C12H15NO2. The molecule has 3 heteroatoms. The van der Waals surface area contributed by atoms with Crippen molar-refractivity contribution in [1.29, 1.82) is 0 Å². The molecule has 1 aromatic carbocycles. The SMILES string of the molecule is CCN1c2ccccc2C(C)C1C(=O)O. The molecule has 1 heterocycles. The second-order valence-corrected chi connectivity index (χ2v) is 3.92. The number of rotatable bonds is 2. The molecule has 0 aromatic heterocycles. The predicted octanol–water partition coefficient (Wildman–Crippen LogP) is 2.08. The number of fused-ring (bicyclic) bond motifs is 1. The second kappa shape index (κ2) is 3.57. The van der Waals surface area contributed by atoms with Gasteiger partial charge in [-0.05, 0) is 18.6 Å². The van der Waals surface area contributed by atoms with E-state index in [-0.39, 0.29) is 5.92 Å². The molecule has 0 saturated heterocycles. The van der Waals surface area contributed by atoms with Gasteiger partial charge in [0.1, 0.15) is 6.04 Å². The summed E-state index contributed by atoms with van der Waals surface area (Å²) in [5.74, 6) is -0.667. The summed E-state index contributed by atoms with van der Waals surface area (Å²) < 4.78 is 0. The lowest BCUT2D eigenvalue weighted by molar-refractivity contribution is -0.138. The number of hydrogen-bond donors (Lipinski definition) is 1. The van der Waals surface area contributed by atoms with Crippen LogP contribution in [0.15, 0.2) is 24.3 Å². The molecule has 15 heavy (non-hydrogen) atoms. The third-order valence-corrected chi connectivity index (χ3v) is 3.14. The molecule has 0 fully saturated rings. The Morgan fingerprint density at radius 2 is 2.13 bits per heavy atom. The Morgan fingerprint density at radius 1 is 1.47 bits per heavy atom. The highest BCUT2D eigenvalue weighted by Gasteiger charge is 2.39. The van der Waals surface area contributed by atoms with Crippen molar-refractivity contribution in [3.05, 3.63) is 29.8 Å². The van der Waals surface area contributed by atoms with Crippen LogP contribution in [0.25, 0.3) is 0 Å². The predicted molar refractivity (Wildman–Crippen MR) is 59.3 cm³/mol. The zero-order valence-corrected chi connectivity index (χ0v) is 8.97. The number of carboxylic acids is 1. The monoisotopic (exact) mass is 205 g/mol. The van der Waals surface area contributed by atoms with E-state index in [2.05, 4.69) is 0 Å². The first-order chi connectivity index (χ1) is 7.16. The molecular weight excluding hydrogens is 190 g/mol. The van der Waals surface area contributed by atoms with Crippen molar-refractivity contribution in [2.75, 3.05) is 11.4 Å². The number of anilines is 1. The lowest BCUT2D eigenvalue weighted by Crippen LogP contribution is -2.39. The van der Waals surface area contributed by atoms with Crippen molar-refractivity contribution in [1.82, 2.24) is 0 Å². The van der Waals surface area contributed by atoms with Crippen LogP contribution in [0.5, 0.6) is 0 Å². The first-order valence-corrected chi connectivity index (χ1v) is 5.25. The van der Waals surface area contributed by atoms with E-state index in [4.69, 9.17) is 0 Å². The third-order valence-electron chi connectivity index (χ3n) is 3.14. The van der Waals surface area contributed by atoms with Gasteiger partial charge in [0.15, 0.2) is 0 Å². The van der Waals surface area contributed by atoms with Crippen LogP contribution in [0.3, 0.4) is 0 Å². The van der Waals surface area contributed by atoms with Crippen molar-refractivity contribution in [3.63, 3.8) is 0 Å². The summed E-state index contributed by atoms with van der Waals surface area (Å²) in [7, 11) is 0. The van der Waals surface area contributed by atoms with Crippen LogP contribution in [-0.2, 0) is 4.79 Å². The van der Waals surface area contributed by atoms with Crippen LogP contribution >= 0.6 is 0 Å². The minimum Gasteiger partial charge on any atom is -0.480 e. The van der Waals surface area contributed by atoms with E-state index in [1.54, 1.807) is 0 Å². The van der Waals surface area contributed by atoms with Gasteiger partial charge in [0.2, 0.25) is 0 Å². The van der Waals surface area contributed by atoms with Crippen molar-refractivity contribution in [3.8, 4) is 0 Å². The van der Waals surface area contributed by atoms with Crippen molar-refractivity contribution < 1.29 is 9.90 Å². The molecule has 0 amide bonds. The van der Waals surface area contributed by atoms with Gasteiger partial charge >= 0.3 is 5.97 Å². The maximum absolute atomic E-state index is 11.2. The molecule has 1 aliphatic heterocycles. The van der Waals surface area contributed by atoms with Crippen LogP contribution < -0.4 is 4.90 Å². The van der Waals surface area contributed by atoms with E-state index in [1.807, 2.05) is 43.0 Å². The molecule has 0 saturated carbocycles. The summed E-state index contributed by atoms with van der Waals surface area (Å²) in [5.41, 5.74) is 2.21. The van der Waals surface area contributed by atoms with Gasteiger partial charge in [-0.15, -0.1) is 0 Å². The number of carboxylic acid groups (broad SMARTS) is 1. The molecule has 0 radical (unpaired) electrons. The molecule has 1 aromatic rings. The van der Waals surface area contributed by atoms with Crippen molar-refractivity contribution in [2.24, 2.45) is 0 Å². The smallest absolute Gasteiger partial charge is 0.326 e. The molecule has 80 valence electrons. The third kappa shape index (κ3) is 1.39. The molecule has 0 aliphatic carbocycles. The topological polar surface area (TPSA) is 40.5 Å². The standard InChI is InChI=1S/C12H15NO2/c1-3-13-10-7-5-4-6-9(10)8(2)11(13)12(14)15/h4-8,11H,3H2,1-2H3,(H,14,15). The maximum Gasteiger partial charge on any atom is 0.326 e. The van der Waals surface area contributed by atoms with Gasteiger partial charge in [0.05, 0.1) is 0 Å². The normalized spacial score (nSPS) is 24.0. The Bertz CT molecular complexity index is 389. The average molecular weight is 205 g/mol. The molecule has 1 N–H and O–H groups in total. The quantitative estimate of drug-likeness (QED) is 0.803. The maximum atomic E-state index is 11.2. The molecule has 0 spiro atoms. The van der Waals surface area contributed by atoms with E-state index in [9.17, 15) is 9.90 Å². The number of nitrogens with zero attached hydrogens (tertiary/aromatic N) is 1. The van der Waals surface area contributed by atoms with Crippen LogP contribution in [0, 0.1) is 0 Å². The Morgan fingerprint density at radius 3 is 2.73 bits per heavy atom. The summed E-state index contributed by atoms with van der Waals surface area (Å²) in [6.45, 7) is 4.70. The summed E-state index contributed by atoms with van der Waals surface area (Å²) in [6, 6.07) is 7.53. The van der Waals surface area contributed by atoms with Crippen LogP contribution in [-0.4, -0.2) is 23.7 Å². The van der Waals surface area contributed by atoms with Gasteiger partial charge in [-0.2, -0.15) is 0 Å². The Kier molecular flexibility index (Phi) is 2.39. The Balaban J connectivity index is 2.48. The summed E-state index contributed by atoms with van der Waals surface area (Å²) in [4.78, 5) is 13.2. The first kappa shape index (κ1) is 10.0. The first-order valence-electron chi connectivity index (χ1n) is 5.25. The minimum absolute atomic E-state index is 0.0682. The number of hydrogen-bond acceptors (Lipinski definition) is 2. The Labute approximate surface area is 89.3 Å². The molecule has 0 bridgehead atoms. The van der Waals surface area contributed by atoms with E-state index >= 15 is 0 Å². The minimum atomic E-state index is -0.736. The van der Waals surface area contributed by atoms with Crippen molar-refractivity contribution in [2.45, 2.75) is 25.8 Å². The summed E-state index contributed by atoms with van der Waals surface area (Å²) in [5, 5.41) is 9.22. The molecule has 2 atom stereocenters. The van der Waals surface area contributed by atoms with Gasteiger partial charge in [-0.25, -0.2) is 4.79 Å². The number of para-hydroxylation sites is 1. The lowest BCUT2D eigenvalue weighted by Gasteiger charge is -2.24. The molecule has 3 nitrogen and oxygen atoms in total. The van der Waals surface area contributed by atoms with Gasteiger partial charge in [-0.3, -0.25) is 0 Å². The fraction of sp³-hybridized carbons (Fsp3) is 0.417. The number of likely N-dealkylation sites (N-methyl/N-ethyl adjacent to an activating group) is 1. The van der Waals surface area contributed by atoms with Crippen LogP contribution in [0.4, 0.5) is 5.69 Å². The van der Waals surface area contributed by atoms with Gasteiger partial charge in [0.25, 0.3) is 0 Å². The summed E-state index contributed by atoms with van der Waals surface area (Å²) in [6.07, 6.45) is 0. The highest BCUT2D eigenvalue weighted by Crippen LogP contribution is 2.40. The molecule has 2 unspecified atom stereocenters. The highest BCUT2D eigenvalue weighted by molar-refractivity contribution is 5.83. The summed E-state index contributed by atoms with van der Waals surface area (Å²) >= 11 is 0. The lowest BCUT2D eigenvalue weighted by atomic mass is 9.97. The largest absolute Gasteiger partial charge is 0.480 e. The van der Waals surface area contributed by atoms with Crippen LogP contribution in [0.2, 0.25) is 0 Å². The zero-order chi connectivity index (χ0) is 11.0. The number of benzene rings is 1. The van der Waals surface area contributed by atoms with Crippen molar-refractivity contribution >= 4 is 11.7 Å². The van der Waals surface area contributed by atoms with E-state index in [1.165, 1.54) is 0 Å². The fourth-order valence-electron chi connectivity index (χ4n) is 2.44. The van der Waals surface area contributed by atoms with E-state index in [0.29, 0.717) is 0 Å². The van der Waals surface area contributed by atoms with Gasteiger partial charge in [-0.1, -0.05) is 25.1 Å². The molecule has 1 aliphatic rings. The zero-order valence-electron chi connectivity index (χ0n) is 8.97. The fourth-order valence-corrected chi connectivity index (χ4v) is 2.44. The van der Waals surface area contributed by atoms with Gasteiger partial charge < -0.3 is 10.0 Å². The van der Waals surface area contributed by atoms with Crippen LogP contribution in [0.1, 0.15) is 25.3 Å². The number of carbonyl (C=O) groups is 1. The van der Waals surface area contributed by atoms with E-state index in [0.717, 1.165) is 17.8 Å².